The molecule has 0 saturated carbocycles. The van der Waals surface area contributed by atoms with Crippen LogP contribution in [0.25, 0.3) is 0 Å². The van der Waals surface area contributed by atoms with Gasteiger partial charge in [-0.2, -0.15) is 13.2 Å². The first-order chi connectivity index (χ1) is 9.16. The second-order valence-corrected chi connectivity index (χ2v) is 4.53. The molecule has 0 bridgehead atoms. The second-order valence-electron chi connectivity index (χ2n) is 4.53. The molecule has 1 aromatic carbocycles. The highest BCUT2D eigenvalue weighted by Gasteiger charge is 2.33. The Hall–Kier alpha value is -2.05. The van der Waals surface area contributed by atoms with Gasteiger partial charge in [-0.1, -0.05) is 0 Å². The zero-order chi connectivity index (χ0) is 15.5. The topological polar surface area (TPSA) is 40.6 Å². The number of nitrogens with zero attached hydrogens (tertiary/aromatic N) is 2. The largest absolute Gasteiger partial charge is 0.417 e. The summed E-state index contributed by atoms with van der Waals surface area (Å²) in [4.78, 5) is 24.9. The molecule has 1 rings (SSSR count). The van der Waals surface area contributed by atoms with Crippen LogP contribution in [0, 0.1) is 0 Å². The van der Waals surface area contributed by atoms with Gasteiger partial charge in [-0.25, -0.2) is 0 Å². The number of rotatable bonds is 4. The minimum atomic E-state index is -4.61. The number of hydrogen-bond donors (Lipinski definition) is 0. The SMILES string of the molecule is CN(C)C(=O)CN(C)c1ccc(C=O)c(C(F)(F)F)c1. The summed E-state index contributed by atoms with van der Waals surface area (Å²) in [6.45, 7) is -0.0509. The normalized spacial score (nSPS) is 11.1. The van der Waals surface area contributed by atoms with Crippen LogP contribution in [0.1, 0.15) is 15.9 Å². The molecule has 0 aliphatic heterocycles. The average Bonchev–Trinajstić information content (AvgIpc) is 2.36. The molecule has 0 fully saturated rings. The van der Waals surface area contributed by atoms with Crippen molar-refractivity contribution in [1.82, 2.24) is 4.90 Å². The fourth-order valence-electron chi connectivity index (χ4n) is 1.57. The number of hydrogen-bond acceptors (Lipinski definition) is 3. The molecule has 0 aliphatic rings. The van der Waals surface area contributed by atoms with E-state index < -0.39 is 17.3 Å². The molecule has 0 N–H and O–H groups in total. The van der Waals surface area contributed by atoms with Crippen molar-refractivity contribution < 1.29 is 22.8 Å². The van der Waals surface area contributed by atoms with E-state index in [0.29, 0.717) is 0 Å². The number of likely N-dealkylation sites (N-methyl/N-ethyl adjacent to an activating group) is 2. The summed E-state index contributed by atoms with van der Waals surface area (Å²) >= 11 is 0. The van der Waals surface area contributed by atoms with Gasteiger partial charge in [-0.15, -0.1) is 0 Å². The van der Waals surface area contributed by atoms with Gasteiger partial charge in [0.15, 0.2) is 6.29 Å². The molecule has 1 aromatic rings. The van der Waals surface area contributed by atoms with Crippen molar-refractivity contribution in [3.8, 4) is 0 Å². The number of carbonyl (C=O) groups excluding carboxylic acids is 2. The van der Waals surface area contributed by atoms with E-state index >= 15 is 0 Å². The van der Waals surface area contributed by atoms with Gasteiger partial charge >= 0.3 is 6.18 Å². The Morgan fingerprint density at radius 1 is 1.25 bits per heavy atom. The predicted molar refractivity (Wildman–Crippen MR) is 68.8 cm³/mol. The highest BCUT2D eigenvalue weighted by Crippen LogP contribution is 2.33. The number of benzene rings is 1. The highest BCUT2D eigenvalue weighted by molar-refractivity contribution is 5.82. The van der Waals surface area contributed by atoms with E-state index in [4.69, 9.17) is 0 Å². The predicted octanol–water partition coefficient (Wildman–Crippen LogP) is 2.04. The lowest BCUT2D eigenvalue weighted by atomic mass is 10.1. The van der Waals surface area contributed by atoms with Crippen molar-refractivity contribution in [2.75, 3.05) is 32.6 Å². The van der Waals surface area contributed by atoms with Gasteiger partial charge < -0.3 is 9.80 Å². The third-order valence-corrected chi connectivity index (χ3v) is 2.78. The second kappa shape index (κ2) is 5.94. The van der Waals surface area contributed by atoms with Gasteiger partial charge in [0.05, 0.1) is 12.1 Å². The lowest BCUT2D eigenvalue weighted by Gasteiger charge is -2.22. The summed E-state index contributed by atoms with van der Waals surface area (Å²) in [5.41, 5.74) is -1.21. The van der Waals surface area contributed by atoms with E-state index in [1.54, 1.807) is 14.1 Å². The summed E-state index contributed by atoms with van der Waals surface area (Å²) < 4.78 is 38.5. The van der Waals surface area contributed by atoms with Crippen molar-refractivity contribution in [3.05, 3.63) is 29.3 Å². The fourth-order valence-corrected chi connectivity index (χ4v) is 1.57. The van der Waals surface area contributed by atoms with Crippen LogP contribution in [-0.2, 0) is 11.0 Å². The molecule has 7 heteroatoms. The minimum absolute atomic E-state index is 0.0509. The van der Waals surface area contributed by atoms with Crippen molar-refractivity contribution in [1.29, 1.82) is 0 Å². The van der Waals surface area contributed by atoms with Crippen LogP contribution in [-0.4, -0.2) is 44.8 Å². The van der Waals surface area contributed by atoms with E-state index in [0.717, 1.165) is 12.1 Å². The van der Waals surface area contributed by atoms with Crippen molar-refractivity contribution >= 4 is 17.9 Å². The first-order valence-corrected chi connectivity index (χ1v) is 5.74. The van der Waals surface area contributed by atoms with Crippen LogP contribution in [0.2, 0.25) is 0 Å². The first-order valence-electron chi connectivity index (χ1n) is 5.74. The quantitative estimate of drug-likeness (QED) is 0.796. The van der Waals surface area contributed by atoms with Gasteiger partial charge in [-0.05, 0) is 18.2 Å². The Bertz CT molecular complexity index is 513. The molecule has 20 heavy (non-hydrogen) atoms. The van der Waals surface area contributed by atoms with Gasteiger partial charge in [-0.3, -0.25) is 9.59 Å². The Morgan fingerprint density at radius 3 is 2.30 bits per heavy atom. The lowest BCUT2D eigenvalue weighted by molar-refractivity contribution is -0.137. The molecular formula is C13H15F3N2O2. The number of alkyl halides is 3. The Morgan fingerprint density at radius 2 is 1.85 bits per heavy atom. The molecule has 1 amide bonds. The molecular weight excluding hydrogens is 273 g/mol. The Balaban J connectivity index is 3.09. The van der Waals surface area contributed by atoms with E-state index in [1.807, 2.05) is 0 Å². The highest BCUT2D eigenvalue weighted by atomic mass is 19.4. The number of aldehydes is 1. The number of anilines is 1. The van der Waals surface area contributed by atoms with E-state index in [1.165, 1.54) is 22.9 Å². The summed E-state index contributed by atoms with van der Waals surface area (Å²) in [6.07, 6.45) is -4.45. The molecule has 0 spiro atoms. The van der Waals surface area contributed by atoms with E-state index in [2.05, 4.69) is 0 Å². The molecule has 0 aliphatic carbocycles. The molecule has 0 aromatic heterocycles. The van der Waals surface area contributed by atoms with Crippen molar-refractivity contribution in [2.24, 2.45) is 0 Å². The molecule has 0 unspecified atom stereocenters. The van der Waals surface area contributed by atoms with Crippen LogP contribution in [0.5, 0.6) is 0 Å². The fraction of sp³-hybridized carbons (Fsp3) is 0.385. The molecule has 0 radical (unpaired) electrons. The summed E-state index contributed by atoms with van der Waals surface area (Å²) in [6, 6.07) is 3.34. The number of halogens is 3. The van der Waals surface area contributed by atoms with Gasteiger partial charge in [0.25, 0.3) is 0 Å². The van der Waals surface area contributed by atoms with Crippen LogP contribution >= 0.6 is 0 Å². The summed E-state index contributed by atoms with van der Waals surface area (Å²) in [5, 5.41) is 0. The Labute approximate surface area is 114 Å². The standard InChI is InChI=1S/C13H15F3N2O2/c1-17(2)12(20)7-18(3)10-5-4-9(8-19)11(6-10)13(14,15)16/h4-6,8H,7H2,1-3H3. The van der Waals surface area contributed by atoms with Gasteiger partial charge in [0.1, 0.15) is 0 Å². The maximum Gasteiger partial charge on any atom is 0.417 e. The van der Waals surface area contributed by atoms with Crippen LogP contribution in [0.4, 0.5) is 18.9 Å². The smallest absolute Gasteiger partial charge is 0.365 e. The van der Waals surface area contributed by atoms with Gasteiger partial charge in [0, 0.05) is 32.4 Å². The van der Waals surface area contributed by atoms with Crippen LogP contribution in [0.3, 0.4) is 0 Å². The third kappa shape index (κ3) is 3.72. The first kappa shape index (κ1) is 16.0. The Kier molecular flexibility index (Phi) is 4.75. The molecule has 4 nitrogen and oxygen atoms in total. The monoisotopic (exact) mass is 288 g/mol. The molecule has 0 saturated heterocycles. The molecule has 0 atom stereocenters. The average molecular weight is 288 g/mol. The number of amides is 1. The zero-order valence-electron chi connectivity index (χ0n) is 11.4. The maximum atomic E-state index is 12.8. The minimum Gasteiger partial charge on any atom is -0.365 e. The number of carbonyl (C=O) groups is 2. The van der Waals surface area contributed by atoms with E-state index in [-0.39, 0.29) is 24.4 Å². The van der Waals surface area contributed by atoms with Gasteiger partial charge in [0.2, 0.25) is 5.91 Å². The van der Waals surface area contributed by atoms with Crippen LogP contribution in [0.15, 0.2) is 18.2 Å². The maximum absolute atomic E-state index is 12.8. The van der Waals surface area contributed by atoms with Crippen LogP contribution < -0.4 is 4.90 Å². The summed E-state index contributed by atoms with van der Waals surface area (Å²) in [5.74, 6) is -0.236. The van der Waals surface area contributed by atoms with Crippen molar-refractivity contribution in [3.63, 3.8) is 0 Å². The third-order valence-electron chi connectivity index (χ3n) is 2.78. The molecule has 110 valence electrons. The lowest BCUT2D eigenvalue weighted by Crippen LogP contribution is -2.34. The van der Waals surface area contributed by atoms with E-state index in [9.17, 15) is 22.8 Å². The van der Waals surface area contributed by atoms with Crippen molar-refractivity contribution in [2.45, 2.75) is 6.18 Å². The molecule has 0 heterocycles. The summed E-state index contributed by atoms with van der Waals surface area (Å²) in [7, 11) is 4.64. The zero-order valence-corrected chi connectivity index (χ0v) is 11.4.